The highest BCUT2D eigenvalue weighted by molar-refractivity contribution is 7.19. The van der Waals surface area contributed by atoms with Crippen LogP contribution >= 0.6 is 22.9 Å². The number of nitrogens with one attached hydrogen (secondary N) is 1. The molecule has 4 rings (SSSR count). The van der Waals surface area contributed by atoms with Crippen molar-refractivity contribution >= 4 is 44.7 Å². The van der Waals surface area contributed by atoms with Crippen molar-refractivity contribution in [1.82, 2.24) is 9.55 Å². The van der Waals surface area contributed by atoms with Crippen LogP contribution in [0.2, 0.25) is 5.02 Å². The molecule has 0 bridgehead atoms. The highest BCUT2D eigenvalue weighted by Gasteiger charge is 2.22. The van der Waals surface area contributed by atoms with Crippen molar-refractivity contribution in [2.24, 2.45) is 0 Å². The fourth-order valence-corrected chi connectivity index (χ4v) is 4.39. The van der Waals surface area contributed by atoms with E-state index in [1.54, 1.807) is 43.3 Å². The predicted octanol–water partition coefficient (Wildman–Crippen LogP) is 5.43. The molecule has 4 aromatic rings. The van der Waals surface area contributed by atoms with Gasteiger partial charge in [0.25, 0.3) is 5.56 Å². The summed E-state index contributed by atoms with van der Waals surface area (Å²) in [5, 5.41) is 3.77. The molecule has 0 aliphatic carbocycles. The van der Waals surface area contributed by atoms with Crippen LogP contribution in [0.1, 0.15) is 17.8 Å². The van der Waals surface area contributed by atoms with E-state index in [4.69, 9.17) is 11.6 Å². The maximum atomic E-state index is 13.4. The molecule has 0 saturated carbocycles. The second-order valence-electron chi connectivity index (χ2n) is 6.85. The Morgan fingerprint density at radius 1 is 1.17 bits per heavy atom. The number of benzene rings is 2. The minimum atomic E-state index is -0.786. The molecule has 30 heavy (non-hydrogen) atoms. The number of hydrogen-bond acceptors (Lipinski definition) is 4. The topological polar surface area (TPSA) is 64.0 Å². The number of hydrogen-bond donors (Lipinski definition) is 1. The van der Waals surface area contributed by atoms with Crippen LogP contribution in [0, 0.1) is 12.7 Å². The number of aryl methyl sites for hydroxylation is 1. The lowest BCUT2D eigenvalue weighted by Gasteiger charge is -2.15. The molecular weight excluding hydrogens is 425 g/mol. The van der Waals surface area contributed by atoms with Gasteiger partial charge in [0.1, 0.15) is 16.7 Å². The number of thiophene rings is 1. The Kier molecular flexibility index (Phi) is 5.40. The summed E-state index contributed by atoms with van der Waals surface area (Å²) in [6.45, 7) is 3.53. The summed E-state index contributed by atoms with van der Waals surface area (Å²) in [7, 11) is 0. The number of aromatic nitrogens is 2. The van der Waals surface area contributed by atoms with Crippen LogP contribution in [0.3, 0.4) is 0 Å². The molecular formula is C22H17ClFN3O2S. The maximum Gasteiger partial charge on any atom is 0.263 e. The second-order valence-corrected chi connectivity index (χ2v) is 8.49. The summed E-state index contributed by atoms with van der Waals surface area (Å²) < 4.78 is 14.7. The van der Waals surface area contributed by atoms with E-state index in [2.05, 4.69) is 10.3 Å². The van der Waals surface area contributed by atoms with Crippen LogP contribution in [0.4, 0.5) is 10.1 Å². The smallest absolute Gasteiger partial charge is 0.263 e. The van der Waals surface area contributed by atoms with Crippen molar-refractivity contribution in [2.75, 3.05) is 5.32 Å². The Labute approximate surface area is 180 Å². The highest BCUT2D eigenvalue weighted by atomic mass is 35.5. The molecule has 0 spiro atoms. The molecule has 152 valence electrons. The van der Waals surface area contributed by atoms with Gasteiger partial charge < -0.3 is 5.32 Å². The molecule has 0 aliphatic heterocycles. The van der Waals surface area contributed by atoms with Crippen LogP contribution in [-0.2, 0) is 4.79 Å². The Balaban J connectivity index is 1.74. The Hall–Kier alpha value is -3.03. The molecule has 0 aliphatic rings. The summed E-state index contributed by atoms with van der Waals surface area (Å²) in [4.78, 5) is 31.9. The van der Waals surface area contributed by atoms with E-state index < -0.39 is 6.04 Å². The van der Waals surface area contributed by atoms with E-state index in [1.807, 2.05) is 6.92 Å². The molecule has 0 saturated heterocycles. The first kappa shape index (κ1) is 20.3. The molecule has 1 amide bonds. The van der Waals surface area contributed by atoms with Gasteiger partial charge in [-0.2, -0.15) is 0 Å². The van der Waals surface area contributed by atoms with Crippen molar-refractivity contribution in [1.29, 1.82) is 0 Å². The van der Waals surface area contributed by atoms with Crippen molar-refractivity contribution in [2.45, 2.75) is 19.9 Å². The van der Waals surface area contributed by atoms with Gasteiger partial charge in [-0.05, 0) is 55.8 Å². The van der Waals surface area contributed by atoms with E-state index in [9.17, 15) is 14.0 Å². The molecule has 2 aromatic heterocycles. The lowest BCUT2D eigenvalue weighted by Crippen LogP contribution is -2.31. The van der Waals surface area contributed by atoms with Gasteiger partial charge in [0, 0.05) is 21.2 Å². The van der Waals surface area contributed by atoms with E-state index in [0.717, 1.165) is 10.4 Å². The summed E-state index contributed by atoms with van der Waals surface area (Å²) in [6.07, 6.45) is 1.39. The summed E-state index contributed by atoms with van der Waals surface area (Å²) in [5.41, 5.74) is 1.71. The Bertz CT molecular complexity index is 1300. The second kappa shape index (κ2) is 8.01. The van der Waals surface area contributed by atoms with Crippen LogP contribution in [0.25, 0.3) is 21.3 Å². The number of carbonyl (C=O) groups is 1. The minimum absolute atomic E-state index is 0.317. The zero-order valence-corrected chi connectivity index (χ0v) is 17.7. The van der Waals surface area contributed by atoms with E-state index in [0.29, 0.717) is 26.5 Å². The predicted molar refractivity (Wildman–Crippen MR) is 119 cm³/mol. The first-order valence-corrected chi connectivity index (χ1v) is 10.4. The van der Waals surface area contributed by atoms with Gasteiger partial charge in [-0.1, -0.05) is 23.7 Å². The average molecular weight is 442 g/mol. The quantitative estimate of drug-likeness (QED) is 0.459. The number of anilines is 1. The van der Waals surface area contributed by atoms with E-state index in [-0.39, 0.29) is 17.3 Å². The first-order valence-electron chi connectivity index (χ1n) is 9.18. The zero-order chi connectivity index (χ0) is 21.4. The molecule has 2 heterocycles. The minimum Gasteiger partial charge on any atom is -0.324 e. The standard InChI is InChI=1S/C22H17ClFN3O2S/c1-12(20(28)26-17-9-5-15(23)6-10-17)27-11-25-21-19(22(27)29)18(13(2)30-21)14-3-7-16(24)8-4-14/h3-12H,1-2H3,(H,26,28). The van der Waals surface area contributed by atoms with Gasteiger partial charge in [-0.3, -0.25) is 14.2 Å². The molecule has 0 fully saturated rings. The Morgan fingerprint density at radius 3 is 2.50 bits per heavy atom. The van der Waals surface area contributed by atoms with Gasteiger partial charge in [-0.15, -0.1) is 11.3 Å². The fraction of sp³-hybridized carbons (Fsp3) is 0.136. The summed E-state index contributed by atoms with van der Waals surface area (Å²) >= 11 is 7.27. The largest absolute Gasteiger partial charge is 0.324 e. The van der Waals surface area contributed by atoms with Crippen LogP contribution in [-0.4, -0.2) is 15.5 Å². The number of carbonyl (C=O) groups excluding carboxylic acids is 1. The van der Waals surface area contributed by atoms with Crippen LogP contribution in [0.5, 0.6) is 0 Å². The van der Waals surface area contributed by atoms with Crippen molar-refractivity contribution < 1.29 is 9.18 Å². The fourth-order valence-electron chi connectivity index (χ4n) is 3.26. The maximum absolute atomic E-state index is 13.4. The van der Waals surface area contributed by atoms with E-state index >= 15 is 0 Å². The number of nitrogens with zero attached hydrogens (tertiary/aromatic N) is 2. The van der Waals surface area contributed by atoms with Gasteiger partial charge >= 0.3 is 0 Å². The van der Waals surface area contributed by atoms with Gasteiger partial charge in [0.05, 0.1) is 11.7 Å². The molecule has 1 unspecified atom stereocenters. The van der Waals surface area contributed by atoms with Gasteiger partial charge in [0.2, 0.25) is 5.91 Å². The number of fused-ring (bicyclic) bond motifs is 1. The monoisotopic (exact) mass is 441 g/mol. The molecule has 0 radical (unpaired) electrons. The van der Waals surface area contributed by atoms with Crippen molar-refractivity contribution in [3.05, 3.63) is 80.9 Å². The van der Waals surface area contributed by atoms with Crippen LogP contribution < -0.4 is 10.9 Å². The summed E-state index contributed by atoms with van der Waals surface area (Å²) in [6, 6.07) is 11.9. The molecule has 5 nitrogen and oxygen atoms in total. The third-order valence-electron chi connectivity index (χ3n) is 4.85. The molecule has 1 atom stereocenters. The van der Waals surface area contributed by atoms with Crippen molar-refractivity contribution in [3.63, 3.8) is 0 Å². The average Bonchev–Trinajstić information content (AvgIpc) is 3.07. The normalized spacial score (nSPS) is 12.1. The zero-order valence-electron chi connectivity index (χ0n) is 16.1. The van der Waals surface area contributed by atoms with Gasteiger partial charge in [-0.25, -0.2) is 9.37 Å². The number of rotatable bonds is 4. The third-order valence-corrected chi connectivity index (χ3v) is 6.12. The van der Waals surface area contributed by atoms with E-state index in [1.165, 1.54) is 34.4 Å². The summed E-state index contributed by atoms with van der Waals surface area (Å²) in [5.74, 6) is -0.699. The first-order chi connectivity index (χ1) is 14.3. The molecule has 1 N–H and O–H groups in total. The lowest BCUT2D eigenvalue weighted by atomic mass is 10.0. The van der Waals surface area contributed by atoms with Gasteiger partial charge in [0.15, 0.2) is 0 Å². The Morgan fingerprint density at radius 2 is 1.83 bits per heavy atom. The number of halogens is 2. The highest BCUT2D eigenvalue weighted by Crippen LogP contribution is 2.35. The number of amides is 1. The molecule has 2 aromatic carbocycles. The van der Waals surface area contributed by atoms with Crippen molar-refractivity contribution in [3.8, 4) is 11.1 Å². The lowest BCUT2D eigenvalue weighted by molar-refractivity contribution is -0.118. The third kappa shape index (κ3) is 3.74. The molecule has 8 heteroatoms. The van der Waals surface area contributed by atoms with Crippen LogP contribution in [0.15, 0.2) is 59.7 Å². The SMILES string of the molecule is Cc1sc2ncn(C(C)C(=O)Nc3ccc(Cl)cc3)c(=O)c2c1-c1ccc(F)cc1.